The van der Waals surface area contributed by atoms with Gasteiger partial charge in [0.1, 0.15) is 0 Å². The van der Waals surface area contributed by atoms with Crippen LogP contribution >= 0.6 is 0 Å². The Bertz CT molecular complexity index is 708. The zero-order valence-corrected chi connectivity index (χ0v) is 17.5. The van der Waals surface area contributed by atoms with Crippen molar-refractivity contribution in [3.8, 4) is 0 Å². The van der Waals surface area contributed by atoms with Gasteiger partial charge in [0, 0.05) is 46.9 Å². The van der Waals surface area contributed by atoms with Gasteiger partial charge in [0.25, 0.3) is 11.8 Å². The lowest BCUT2D eigenvalue weighted by Gasteiger charge is -2.26. The van der Waals surface area contributed by atoms with E-state index in [1.54, 1.807) is 31.3 Å². The number of carbonyl (C=O) groups is 2. The van der Waals surface area contributed by atoms with Crippen LogP contribution in [0, 0.1) is 5.92 Å². The number of hydrogen-bond donors (Lipinski definition) is 1. The molecule has 0 bridgehead atoms. The van der Waals surface area contributed by atoms with E-state index in [0.717, 1.165) is 70.3 Å². The molecule has 1 saturated heterocycles. The summed E-state index contributed by atoms with van der Waals surface area (Å²) in [5, 5.41) is 3.38. The third-order valence-corrected chi connectivity index (χ3v) is 5.76. The minimum Gasteiger partial charge on any atom is -0.381 e. The van der Waals surface area contributed by atoms with Gasteiger partial charge in [-0.2, -0.15) is 0 Å². The van der Waals surface area contributed by atoms with Crippen molar-refractivity contribution in [3.05, 3.63) is 35.4 Å². The van der Waals surface area contributed by atoms with Gasteiger partial charge in [-0.1, -0.05) is 12.1 Å². The highest BCUT2D eigenvalue weighted by molar-refractivity contribution is 6.21. The molecule has 3 rings (SSSR count). The first-order chi connectivity index (χ1) is 14.1. The number of benzene rings is 1. The quantitative estimate of drug-likeness (QED) is 0.314. The number of unbranched alkanes of at least 4 members (excludes halogenated alkanes) is 1. The lowest BCUT2D eigenvalue weighted by Crippen LogP contribution is -2.40. The number of aliphatic imine (C=N–C) groups is 1. The highest BCUT2D eigenvalue weighted by atomic mass is 16.5. The van der Waals surface area contributed by atoms with Crippen molar-refractivity contribution >= 4 is 17.8 Å². The lowest BCUT2D eigenvalue weighted by atomic mass is 9.96. The summed E-state index contributed by atoms with van der Waals surface area (Å²) in [6.07, 6.45) is 5.08. The molecule has 2 amide bonds. The molecule has 29 heavy (non-hydrogen) atoms. The second kappa shape index (κ2) is 10.4. The molecule has 0 radical (unpaired) electrons. The monoisotopic (exact) mass is 400 g/mol. The van der Waals surface area contributed by atoms with Crippen LogP contribution in [0.4, 0.5) is 0 Å². The number of nitrogens with one attached hydrogen (secondary N) is 1. The Balaban J connectivity index is 1.35. The van der Waals surface area contributed by atoms with Crippen LogP contribution in [0.1, 0.15) is 52.8 Å². The fraction of sp³-hybridized carbons (Fsp3) is 0.591. The highest BCUT2D eigenvalue weighted by Crippen LogP contribution is 2.22. The molecular weight excluding hydrogens is 368 g/mol. The van der Waals surface area contributed by atoms with Crippen LogP contribution in [0.15, 0.2) is 29.3 Å². The number of hydrogen-bond acceptors (Lipinski definition) is 4. The third-order valence-electron chi connectivity index (χ3n) is 5.76. The molecule has 2 heterocycles. The summed E-state index contributed by atoms with van der Waals surface area (Å²) < 4.78 is 5.42. The lowest BCUT2D eigenvalue weighted by molar-refractivity contribution is 0.0624. The largest absolute Gasteiger partial charge is 0.381 e. The molecule has 0 aliphatic carbocycles. The Morgan fingerprint density at radius 2 is 1.83 bits per heavy atom. The van der Waals surface area contributed by atoms with Crippen molar-refractivity contribution in [1.82, 2.24) is 15.1 Å². The Hall–Kier alpha value is -2.41. The number of fused-ring (bicyclic) bond motifs is 1. The maximum Gasteiger partial charge on any atom is 0.261 e. The number of guanidine groups is 1. The first kappa shape index (κ1) is 21.3. The second-order valence-corrected chi connectivity index (χ2v) is 7.75. The molecule has 0 unspecified atom stereocenters. The summed E-state index contributed by atoms with van der Waals surface area (Å²) in [6, 6.07) is 7.03. The van der Waals surface area contributed by atoms with Crippen LogP contribution in [-0.4, -0.2) is 74.5 Å². The van der Waals surface area contributed by atoms with E-state index < -0.39 is 0 Å². The summed E-state index contributed by atoms with van der Waals surface area (Å²) in [6.45, 7) is 3.95. The minimum absolute atomic E-state index is 0.179. The van der Waals surface area contributed by atoms with Crippen LogP contribution in [0.2, 0.25) is 0 Å². The topological polar surface area (TPSA) is 74.2 Å². The van der Waals surface area contributed by atoms with Crippen LogP contribution in [0.5, 0.6) is 0 Å². The van der Waals surface area contributed by atoms with Crippen LogP contribution < -0.4 is 5.32 Å². The maximum atomic E-state index is 12.4. The Kier molecular flexibility index (Phi) is 7.63. The van der Waals surface area contributed by atoms with Gasteiger partial charge in [-0.3, -0.25) is 19.5 Å². The molecule has 2 aliphatic heterocycles. The van der Waals surface area contributed by atoms with Gasteiger partial charge in [-0.25, -0.2) is 0 Å². The molecule has 1 fully saturated rings. The molecule has 1 N–H and O–H groups in total. The number of rotatable bonds is 8. The summed E-state index contributed by atoms with van der Waals surface area (Å²) in [4.78, 5) is 32.6. The van der Waals surface area contributed by atoms with Crippen molar-refractivity contribution < 1.29 is 14.3 Å². The standard InChI is InChI=1S/C22H32N4O3/c1-23-22(25(2)14-9-17-10-15-29-16-11-17)24-12-5-6-13-26-20(27)18-7-3-4-8-19(18)21(26)28/h3-4,7-8,17H,5-6,9-16H2,1-2H3,(H,23,24). The molecule has 0 saturated carbocycles. The number of amides is 2. The highest BCUT2D eigenvalue weighted by Gasteiger charge is 2.34. The summed E-state index contributed by atoms with van der Waals surface area (Å²) >= 11 is 0. The Morgan fingerprint density at radius 3 is 2.45 bits per heavy atom. The van der Waals surface area contributed by atoms with Gasteiger partial charge >= 0.3 is 0 Å². The zero-order valence-electron chi connectivity index (χ0n) is 17.5. The summed E-state index contributed by atoms with van der Waals surface area (Å²) in [7, 11) is 3.86. The fourth-order valence-electron chi connectivity index (χ4n) is 3.94. The van der Waals surface area contributed by atoms with Crippen molar-refractivity contribution in [1.29, 1.82) is 0 Å². The molecule has 1 aromatic carbocycles. The summed E-state index contributed by atoms with van der Waals surface area (Å²) in [5.74, 6) is 1.27. The van der Waals surface area contributed by atoms with E-state index in [9.17, 15) is 9.59 Å². The van der Waals surface area contributed by atoms with Crippen LogP contribution in [0.3, 0.4) is 0 Å². The predicted octanol–water partition coefficient (Wildman–Crippen LogP) is 2.39. The predicted molar refractivity (Wildman–Crippen MR) is 113 cm³/mol. The van der Waals surface area contributed by atoms with Gasteiger partial charge in [0.2, 0.25) is 0 Å². The number of imide groups is 1. The molecule has 158 valence electrons. The van der Waals surface area contributed by atoms with E-state index in [-0.39, 0.29) is 11.8 Å². The first-order valence-corrected chi connectivity index (χ1v) is 10.6. The molecular formula is C22H32N4O3. The van der Waals surface area contributed by atoms with E-state index >= 15 is 0 Å². The van der Waals surface area contributed by atoms with E-state index in [4.69, 9.17) is 4.74 Å². The first-order valence-electron chi connectivity index (χ1n) is 10.6. The molecule has 7 heteroatoms. The van der Waals surface area contributed by atoms with Gasteiger partial charge in [0.15, 0.2) is 5.96 Å². The molecule has 1 aromatic rings. The molecule has 0 atom stereocenters. The van der Waals surface area contributed by atoms with Crippen molar-refractivity contribution in [3.63, 3.8) is 0 Å². The molecule has 2 aliphatic rings. The van der Waals surface area contributed by atoms with Gasteiger partial charge in [0.05, 0.1) is 11.1 Å². The van der Waals surface area contributed by atoms with Gasteiger partial charge in [-0.05, 0) is 50.2 Å². The average Bonchev–Trinajstić information content (AvgIpc) is 3.00. The van der Waals surface area contributed by atoms with Crippen LogP contribution in [0.25, 0.3) is 0 Å². The van der Waals surface area contributed by atoms with Gasteiger partial charge < -0.3 is 15.0 Å². The molecule has 7 nitrogen and oxygen atoms in total. The summed E-state index contributed by atoms with van der Waals surface area (Å²) in [5.41, 5.74) is 1.03. The second-order valence-electron chi connectivity index (χ2n) is 7.75. The minimum atomic E-state index is -0.179. The smallest absolute Gasteiger partial charge is 0.261 e. The SMILES string of the molecule is CN=C(NCCCCN1C(=O)c2ccccc2C1=O)N(C)CCC1CCOCC1. The molecule has 0 spiro atoms. The van der Waals surface area contributed by atoms with Crippen molar-refractivity contribution in [2.45, 2.75) is 32.1 Å². The normalized spacial score (nSPS) is 17.6. The molecule has 0 aromatic heterocycles. The van der Waals surface area contributed by atoms with E-state index in [2.05, 4.69) is 22.3 Å². The fourth-order valence-corrected chi connectivity index (χ4v) is 3.94. The van der Waals surface area contributed by atoms with Crippen LogP contribution in [-0.2, 0) is 4.74 Å². The third kappa shape index (κ3) is 5.35. The Labute approximate surface area is 173 Å². The van der Waals surface area contributed by atoms with Crippen molar-refractivity contribution in [2.24, 2.45) is 10.9 Å². The number of carbonyl (C=O) groups excluding carboxylic acids is 2. The van der Waals surface area contributed by atoms with Crippen molar-refractivity contribution in [2.75, 3.05) is 46.9 Å². The van der Waals surface area contributed by atoms with Gasteiger partial charge in [-0.15, -0.1) is 0 Å². The van der Waals surface area contributed by atoms with E-state index in [1.165, 1.54) is 4.90 Å². The average molecular weight is 401 g/mol. The Morgan fingerprint density at radius 1 is 1.17 bits per heavy atom. The van der Waals surface area contributed by atoms with E-state index in [0.29, 0.717) is 17.7 Å². The zero-order chi connectivity index (χ0) is 20.6. The van der Waals surface area contributed by atoms with E-state index in [1.807, 2.05) is 0 Å². The number of ether oxygens (including phenoxy) is 1. The maximum absolute atomic E-state index is 12.4. The number of nitrogens with zero attached hydrogens (tertiary/aromatic N) is 3.